The third-order valence-corrected chi connectivity index (χ3v) is 5.06. The van der Waals surface area contributed by atoms with Gasteiger partial charge in [0.2, 0.25) is 5.91 Å². The number of benzene rings is 1. The smallest absolute Gasteiger partial charge is 0.255 e. The molecule has 6 nitrogen and oxygen atoms in total. The second-order valence-electron chi connectivity index (χ2n) is 8.35. The molecule has 1 unspecified atom stereocenters. The average Bonchev–Trinajstić information content (AvgIpc) is 2.83. The van der Waals surface area contributed by atoms with Crippen molar-refractivity contribution >= 4 is 17.8 Å². The standard InChI is InChI=1S/C22H34N4O2/c1-5-6-7-8-19(27)24-14-17-9-11-18(12-10-17)15-26-20(28)22(4,13-16(2)3)25-21(26)23/h9-12,16H,5-8,13-15H2,1-4H3,(H2,23,25)(H,24,27). The molecule has 1 aliphatic rings. The molecule has 1 saturated heterocycles. The van der Waals surface area contributed by atoms with Crippen LogP contribution in [0.1, 0.15) is 70.9 Å². The van der Waals surface area contributed by atoms with Gasteiger partial charge in [-0.15, -0.1) is 0 Å². The fourth-order valence-electron chi connectivity index (χ4n) is 3.66. The number of unbranched alkanes of at least 4 members (excludes halogenated alkanes) is 2. The maximum Gasteiger partial charge on any atom is 0.255 e. The first kappa shape index (κ1) is 21.9. The van der Waals surface area contributed by atoms with Crippen molar-refractivity contribution in [2.45, 2.75) is 78.4 Å². The molecule has 0 saturated carbocycles. The maximum absolute atomic E-state index is 12.8. The first-order chi connectivity index (χ1) is 13.2. The number of rotatable bonds is 10. The molecule has 1 heterocycles. The lowest BCUT2D eigenvalue weighted by molar-refractivity contribution is -0.131. The van der Waals surface area contributed by atoms with E-state index < -0.39 is 5.54 Å². The third-order valence-electron chi connectivity index (χ3n) is 5.06. The maximum atomic E-state index is 12.8. The van der Waals surface area contributed by atoms with E-state index in [2.05, 4.69) is 31.4 Å². The van der Waals surface area contributed by atoms with E-state index in [1.54, 1.807) is 0 Å². The molecule has 1 aromatic carbocycles. The summed E-state index contributed by atoms with van der Waals surface area (Å²) in [6.07, 6.45) is 4.39. The van der Waals surface area contributed by atoms with Crippen LogP contribution in [0, 0.1) is 11.3 Å². The lowest BCUT2D eigenvalue weighted by atomic mass is 9.91. The highest BCUT2D eigenvalue weighted by Crippen LogP contribution is 2.25. The second kappa shape index (κ2) is 9.71. The van der Waals surface area contributed by atoms with Gasteiger partial charge in [0.1, 0.15) is 5.54 Å². The molecule has 1 aromatic rings. The summed E-state index contributed by atoms with van der Waals surface area (Å²) in [5.74, 6) is 0.570. The molecule has 0 bridgehead atoms. The first-order valence-corrected chi connectivity index (χ1v) is 10.3. The normalized spacial score (nSPS) is 19.2. The molecule has 2 rings (SSSR count). The van der Waals surface area contributed by atoms with Crippen LogP contribution in [0.15, 0.2) is 24.3 Å². The van der Waals surface area contributed by atoms with E-state index in [9.17, 15) is 9.59 Å². The molecule has 28 heavy (non-hydrogen) atoms. The Morgan fingerprint density at radius 3 is 2.46 bits per heavy atom. The molecule has 6 heteroatoms. The van der Waals surface area contributed by atoms with Crippen LogP contribution >= 0.6 is 0 Å². The van der Waals surface area contributed by atoms with Crippen LogP contribution in [-0.2, 0) is 22.7 Å². The Morgan fingerprint density at radius 1 is 1.21 bits per heavy atom. The van der Waals surface area contributed by atoms with Crippen LogP contribution in [0.25, 0.3) is 0 Å². The Hall–Kier alpha value is -2.37. The molecular weight excluding hydrogens is 352 g/mol. The van der Waals surface area contributed by atoms with Gasteiger partial charge in [-0.2, -0.15) is 0 Å². The number of hydrogen-bond donors (Lipinski definition) is 3. The van der Waals surface area contributed by atoms with Crippen molar-refractivity contribution in [2.75, 3.05) is 0 Å². The van der Waals surface area contributed by atoms with Gasteiger partial charge >= 0.3 is 0 Å². The minimum atomic E-state index is -0.701. The highest BCUT2D eigenvalue weighted by molar-refractivity contribution is 6.07. The third kappa shape index (κ3) is 5.81. The number of hydrogen-bond acceptors (Lipinski definition) is 3. The van der Waals surface area contributed by atoms with E-state index in [1.807, 2.05) is 31.2 Å². The molecule has 1 aliphatic heterocycles. The Bertz CT molecular complexity index is 699. The molecule has 1 fully saturated rings. The van der Waals surface area contributed by atoms with Gasteiger partial charge in [-0.3, -0.25) is 19.9 Å². The molecule has 154 valence electrons. The molecule has 0 radical (unpaired) electrons. The van der Waals surface area contributed by atoms with E-state index in [-0.39, 0.29) is 17.8 Å². The summed E-state index contributed by atoms with van der Waals surface area (Å²) < 4.78 is 0. The quantitative estimate of drug-likeness (QED) is 0.538. The molecule has 0 aromatic heterocycles. The van der Waals surface area contributed by atoms with Crippen molar-refractivity contribution in [3.63, 3.8) is 0 Å². The van der Waals surface area contributed by atoms with Crippen LogP contribution in [0.3, 0.4) is 0 Å². The van der Waals surface area contributed by atoms with Gasteiger partial charge in [-0.25, -0.2) is 0 Å². The lowest BCUT2D eigenvalue weighted by Gasteiger charge is -2.24. The van der Waals surface area contributed by atoms with Crippen LogP contribution in [-0.4, -0.2) is 28.2 Å². The minimum absolute atomic E-state index is 0.0466. The Morgan fingerprint density at radius 2 is 1.86 bits per heavy atom. The summed E-state index contributed by atoms with van der Waals surface area (Å²) in [4.78, 5) is 26.1. The van der Waals surface area contributed by atoms with Crippen LogP contribution in [0.2, 0.25) is 0 Å². The number of nitrogens with one attached hydrogen (secondary N) is 3. The van der Waals surface area contributed by atoms with Crippen LogP contribution in [0.4, 0.5) is 0 Å². The molecule has 3 N–H and O–H groups in total. The predicted molar refractivity (Wildman–Crippen MR) is 112 cm³/mol. The fraction of sp³-hybridized carbons (Fsp3) is 0.591. The zero-order valence-corrected chi connectivity index (χ0v) is 17.6. The van der Waals surface area contributed by atoms with Crippen LogP contribution < -0.4 is 10.6 Å². The Labute approximate surface area is 168 Å². The van der Waals surface area contributed by atoms with E-state index in [4.69, 9.17) is 5.41 Å². The molecular formula is C22H34N4O2. The summed E-state index contributed by atoms with van der Waals surface area (Å²) in [5.41, 5.74) is 1.29. The highest BCUT2D eigenvalue weighted by Gasteiger charge is 2.45. The lowest BCUT2D eigenvalue weighted by Crippen LogP contribution is -2.44. The first-order valence-electron chi connectivity index (χ1n) is 10.3. The van der Waals surface area contributed by atoms with Gasteiger partial charge in [0.15, 0.2) is 5.96 Å². The fourth-order valence-corrected chi connectivity index (χ4v) is 3.66. The monoisotopic (exact) mass is 386 g/mol. The van der Waals surface area contributed by atoms with Crippen molar-refractivity contribution in [3.05, 3.63) is 35.4 Å². The van der Waals surface area contributed by atoms with E-state index in [0.717, 1.165) is 30.4 Å². The van der Waals surface area contributed by atoms with E-state index >= 15 is 0 Å². The van der Waals surface area contributed by atoms with Crippen LogP contribution in [0.5, 0.6) is 0 Å². The van der Waals surface area contributed by atoms with Crippen molar-refractivity contribution in [3.8, 4) is 0 Å². The van der Waals surface area contributed by atoms with E-state index in [0.29, 0.717) is 31.8 Å². The minimum Gasteiger partial charge on any atom is -0.352 e. The average molecular weight is 387 g/mol. The topological polar surface area (TPSA) is 85.3 Å². The van der Waals surface area contributed by atoms with E-state index in [1.165, 1.54) is 4.90 Å². The zero-order chi connectivity index (χ0) is 20.7. The Kier molecular flexibility index (Phi) is 7.61. The van der Waals surface area contributed by atoms with Gasteiger partial charge < -0.3 is 10.6 Å². The summed E-state index contributed by atoms with van der Waals surface area (Å²) in [5, 5.41) is 14.2. The van der Waals surface area contributed by atoms with Gasteiger partial charge in [0.25, 0.3) is 5.91 Å². The highest BCUT2D eigenvalue weighted by atomic mass is 16.2. The molecule has 1 atom stereocenters. The molecule has 0 spiro atoms. The number of carbonyl (C=O) groups is 2. The van der Waals surface area contributed by atoms with Crippen molar-refractivity contribution in [2.24, 2.45) is 5.92 Å². The number of amides is 2. The van der Waals surface area contributed by atoms with Gasteiger partial charge in [0, 0.05) is 13.0 Å². The summed E-state index contributed by atoms with van der Waals surface area (Å²) in [6.45, 7) is 9.04. The largest absolute Gasteiger partial charge is 0.352 e. The van der Waals surface area contributed by atoms with Crippen molar-refractivity contribution < 1.29 is 9.59 Å². The zero-order valence-electron chi connectivity index (χ0n) is 17.6. The van der Waals surface area contributed by atoms with Gasteiger partial charge in [0.05, 0.1) is 6.54 Å². The molecule has 2 amide bonds. The predicted octanol–water partition coefficient (Wildman–Crippen LogP) is 3.55. The Balaban J connectivity index is 1.89. The molecule has 0 aliphatic carbocycles. The number of carbonyl (C=O) groups excluding carboxylic acids is 2. The number of nitrogens with zero attached hydrogens (tertiary/aromatic N) is 1. The summed E-state index contributed by atoms with van der Waals surface area (Å²) >= 11 is 0. The number of guanidine groups is 1. The van der Waals surface area contributed by atoms with Crippen molar-refractivity contribution in [1.29, 1.82) is 5.41 Å². The summed E-state index contributed by atoms with van der Waals surface area (Å²) in [6, 6.07) is 7.84. The second-order valence-corrected chi connectivity index (χ2v) is 8.35. The SMILES string of the molecule is CCCCCC(=O)NCc1ccc(CN2C(=N)NC(C)(CC(C)C)C2=O)cc1. The van der Waals surface area contributed by atoms with Gasteiger partial charge in [-0.1, -0.05) is 57.9 Å². The summed E-state index contributed by atoms with van der Waals surface area (Å²) in [7, 11) is 0. The van der Waals surface area contributed by atoms with Crippen molar-refractivity contribution in [1.82, 2.24) is 15.5 Å². The van der Waals surface area contributed by atoms with Gasteiger partial charge in [-0.05, 0) is 36.8 Å².